The van der Waals surface area contributed by atoms with Gasteiger partial charge in [-0.05, 0) is 11.1 Å². The van der Waals surface area contributed by atoms with E-state index >= 15 is 0 Å². The van der Waals surface area contributed by atoms with Crippen molar-refractivity contribution in [2.75, 3.05) is 32.1 Å². The molecule has 0 radical (unpaired) electrons. The molecule has 1 amide bonds. The highest BCUT2D eigenvalue weighted by Crippen LogP contribution is 2.35. The van der Waals surface area contributed by atoms with Gasteiger partial charge in [0.15, 0.2) is 5.76 Å². The lowest BCUT2D eigenvalue weighted by molar-refractivity contribution is -0.118. The maximum atomic E-state index is 12.7. The van der Waals surface area contributed by atoms with E-state index in [1.807, 2.05) is 72.8 Å². The molecule has 0 atom stereocenters. The van der Waals surface area contributed by atoms with Gasteiger partial charge in [0.2, 0.25) is 5.91 Å². The fourth-order valence-electron chi connectivity index (χ4n) is 4.20. The van der Waals surface area contributed by atoms with Crippen LogP contribution < -0.4 is 5.32 Å². The fraction of sp³-hybridized carbons (Fsp3) is 0.241. The zero-order valence-corrected chi connectivity index (χ0v) is 20.9. The molecule has 0 bridgehead atoms. The molecule has 6 nitrogen and oxygen atoms in total. The Labute approximate surface area is 215 Å². The number of carbonyl (C=O) groups excluding carboxylic acids is 1. The monoisotopic (exact) mass is 499 g/mol. The quantitative estimate of drug-likeness (QED) is 0.317. The molecule has 0 unspecified atom stereocenters. The van der Waals surface area contributed by atoms with Crippen molar-refractivity contribution in [1.29, 1.82) is 0 Å². The molecule has 1 aliphatic rings. The van der Waals surface area contributed by atoms with Crippen molar-refractivity contribution in [2.45, 2.75) is 18.3 Å². The number of hydrogen-bond donors (Lipinski definition) is 1. The highest BCUT2D eigenvalue weighted by atomic mass is 32.2. The molecular weight excluding hydrogens is 470 g/mol. The third-order valence-corrected chi connectivity index (χ3v) is 6.94. The minimum atomic E-state index is -0.0538. The SMILES string of the molecule is O=C(CSc1nc(-c2ccccc2)c(-c2ccccc2)o1)NCc1ccccc1CN1CCOCC1. The van der Waals surface area contributed by atoms with Crippen LogP contribution in [0.4, 0.5) is 0 Å². The number of nitrogens with zero attached hydrogens (tertiary/aromatic N) is 2. The van der Waals surface area contributed by atoms with Crippen molar-refractivity contribution >= 4 is 17.7 Å². The number of aromatic nitrogens is 1. The lowest BCUT2D eigenvalue weighted by atomic mass is 10.1. The first kappa shape index (κ1) is 24.3. The van der Waals surface area contributed by atoms with Crippen molar-refractivity contribution in [3.8, 4) is 22.6 Å². The number of benzene rings is 3. The normalized spacial score (nSPS) is 14.0. The van der Waals surface area contributed by atoms with E-state index in [9.17, 15) is 4.79 Å². The molecule has 3 aromatic carbocycles. The van der Waals surface area contributed by atoms with Crippen LogP contribution in [-0.2, 0) is 22.6 Å². The van der Waals surface area contributed by atoms with Crippen LogP contribution in [0.1, 0.15) is 11.1 Å². The molecule has 1 fully saturated rings. The number of hydrogen-bond acceptors (Lipinski definition) is 6. The molecule has 1 saturated heterocycles. The zero-order valence-electron chi connectivity index (χ0n) is 20.1. The van der Waals surface area contributed by atoms with E-state index in [-0.39, 0.29) is 11.7 Å². The van der Waals surface area contributed by atoms with Gasteiger partial charge in [0.25, 0.3) is 5.22 Å². The number of carbonyl (C=O) groups is 1. The predicted molar refractivity (Wildman–Crippen MR) is 142 cm³/mol. The van der Waals surface area contributed by atoms with E-state index in [0.717, 1.165) is 55.2 Å². The summed E-state index contributed by atoms with van der Waals surface area (Å²) >= 11 is 1.31. The summed E-state index contributed by atoms with van der Waals surface area (Å²) in [5.74, 6) is 0.887. The molecule has 36 heavy (non-hydrogen) atoms. The number of oxazole rings is 1. The Morgan fingerprint density at radius 1 is 0.861 bits per heavy atom. The number of amides is 1. The van der Waals surface area contributed by atoms with Gasteiger partial charge in [-0.2, -0.15) is 0 Å². The van der Waals surface area contributed by atoms with Crippen molar-refractivity contribution < 1.29 is 13.9 Å². The maximum Gasteiger partial charge on any atom is 0.257 e. The van der Waals surface area contributed by atoms with Crippen molar-refractivity contribution in [3.63, 3.8) is 0 Å². The molecule has 1 aliphatic heterocycles. The average molecular weight is 500 g/mol. The minimum absolute atomic E-state index is 0.0538. The summed E-state index contributed by atoms with van der Waals surface area (Å²) in [7, 11) is 0. The summed E-state index contributed by atoms with van der Waals surface area (Å²) < 4.78 is 11.6. The Morgan fingerprint density at radius 2 is 1.50 bits per heavy atom. The van der Waals surface area contributed by atoms with Crippen molar-refractivity contribution in [2.24, 2.45) is 0 Å². The molecule has 184 valence electrons. The Kier molecular flexibility index (Phi) is 8.13. The van der Waals surface area contributed by atoms with Gasteiger partial charge < -0.3 is 14.5 Å². The topological polar surface area (TPSA) is 67.6 Å². The maximum absolute atomic E-state index is 12.7. The van der Waals surface area contributed by atoms with Crippen LogP contribution in [0.3, 0.4) is 0 Å². The average Bonchev–Trinajstić information content (AvgIpc) is 3.37. The molecule has 1 N–H and O–H groups in total. The van der Waals surface area contributed by atoms with Gasteiger partial charge in [0.05, 0.1) is 19.0 Å². The lowest BCUT2D eigenvalue weighted by Crippen LogP contribution is -2.36. The van der Waals surface area contributed by atoms with Gasteiger partial charge in [0.1, 0.15) is 5.69 Å². The molecule has 7 heteroatoms. The summed E-state index contributed by atoms with van der Waals surface area (Å²) in [6.07, 6.45) is 0. The standard InChI is InChI=1S/C29H29N3O3S/c33-26(30-19-24-13-7-8-14-25(24)20-32-15-17-34-18-16-32)21-36-29-31-27(22-9-3-1-4-10-22)28(35-29)23-11-5-2-6-12-23/h1-14H,15-21H2,(H,30,33). The number of ether oxygens (including phenoxy) is 1. The summed E-state index contributed by atoms with van der Waals surface area (Å²) in [6.45, 7) is 4.78. The Hall–Kier alpha value is -3.39. The second kappa shape index (κ2) is 12.0. The van der Waals surface area contributed by atoms with E-state index in [1.54, 1.807) is 0 Å². The summed E-state index contributed by atoms with van der Waals surface area (Å²) in [5, 5.41) is 3.54. The fourth-order valence-corrected chi connectivity index (χ4v) is 4.85. The van der Waals surface area contributed by atoms with E-state index < -0.39 is 0 Å². The second-order valence-electron chi connectivity index (χ2n) is 8.61. The molecular formula is C29H29N3O3S. The smallest absolute Gasteiger partial charge is 0.257 e. The van der Waals surface area contributed by atoms with E-state index in [1.165, 1.54) is 17.3 Å². The number of rotatable bonds is 9. The zero-order chi connectivity index (χ0) is 24.6. The molecule has 0 aliphatic carbocycles. The first-order valence-corrected chi connectivity index (χ1v) is 13.1. The molecule has 0 saturated carbocycles. The van der Waals surface area contributed by atoms with Gasteiger partial charge in [-0.3, -0.25) is 9.69 Å². The molecule has 2 heterocycles. The van der Waals surface area contributed by atoms with Crippen LogP contribution in [0.25, 0.3) is 22.6 Å². The molecule has 1 aromatic heterocycles. The van der Waals surface area contributed by atoms with E-state index in [0.29, 0.717) is 17.5 Å². The highest BCUT2D eigenvalue weighted by Gasteiger charge is 2.18. The number of thioether (sulfide) groups is 1. The van der Waals surface area contributed by atoms with Crippen molar-refractivity contribution in [3.05, 3.63) is 96.1 Å². The van der Waals surface area contributed by atoms with Gasteiger partial charge in [0, 0.05) is 37.3 Å². The highest BCUT2D eigenvalue weighted by molar-refractivity contribution is 7.99. The van der Waals surface area contributed by atoms with E-state index in [2.05, 4.69) is 22.3 Å². The van der Waals surface area contributed by atoms with Crippen molar-refractivity contribution in [1.82, 2.24) is 15.2 Å². The van der Waals surface area contributed by atoms with Gasteiger partial charge in [-0.15, -0.1) is 0 Å². The third-order valence-electron chi connectivity index (χ3n) is 6.11. The molecule has 5 rings (SSSR count). The number of morpholine rings is 1. The number of nitrogens with one attached hydrogen (secondary N) is 1. The summed E-state index contributed by atoms with van der Waals surface area (Å²) in [4.78, 5) is 19.8. The van der Waals surface area contributed by atoms with Crippen LogP contribution in [-0.4, -0.2) is 47.8 Å². The molecule has 0 spiro atoms. The van der Waals surface area contributed by atoms with Gasteiger partial charge in [-0.25, -0.2) is 4.98 Å². The second-order valence-corrected chi connectivity index (χ2v) is 9.54. The lowest BCUT2D eigenvalue weighted by Gasteiger charge is -2.27. The minimum Gasteiger partial charge on any atom is -0.431 e. The van der Waals surface area contributed by atoms with Gasteiger partial charge in [-0.1, -0.05) is 96.7 Å². The summed E-state index contributed by atoms with van der Waals surface area (Å²) in [6, 6.07) is 28.2. The Morgan fingerprint density at radius 3 is 2.22 bits per heavy atom. The first-order valence-electron chi connectivity index (χ1n) is 12.1. The third kappa shape index (κ3) is 6.23. The van der Waals surface area contributed by atoms with Gasteiger partial charge >= 0.3 is 0 Å². The predicted octanol–water partition coefficient (Wildman–Crippen LogP) is 5.25. The van der Waals surface area contributed by atoms with E-state index in [4.69, 9.17) is 14.1 Å². The van der Waals surface area contributed by atoms with Crippen LogP contribution >= 0.6 is 11.8 Å². The Balaban J connectivity index is 1.22. The largest absolute Gasteiger partial charge is 0.431 e. The van der Waals surface area contributed by atoms with Crippen LogP contribution in [0.15, 0.2) is 94.6 Å². The first-order chi connectivity index (χ1) is 17.8. The summed E-state index contributed by atoms with van der Waals surface area (Å²) in [5.41, 5.74) is 5.09. The van der Waals surface area contributed by atoms with Crippen LogP contribution in [0, 0.1) is 0 Å². The Bertz CT molecular complexity index is 1210. The molecule has 4 aromatic rings. The van der Waals surface area contributed by atoms with Crippen LogP contribution in [0.5, 0.6) is 0 Å². The van der Waals surface area contributed by atoms with Crippen LogP contribution in [0.2, 0.25) is 0 Å².